The highest BCUT2D eigenvalue weighted by atomic mass is 32.1. The van der Waals surface area contributed by atoms with Gasteiger partial charge in [-0.25, -0.2) is 0 Å². The Morgan fingerprint density at radius 1 is 0.333 bits per heavy atom. The van der Waals surface area contributed by atoms with Gasteiger partial charge in [-0.05, 0) is 102 Å². The summed E-state index contributed by atoms with van der Waals surface area (Å²) in [4.78, 5) is 4.88. The Labute approximate surface area is 301 Å². The van der Waals surface area contributed by atoms with Gasteiger partial charge in [0.15, 0.2) is 0 Å². The molecule has 0 spiro atoms. The molecular formula is C48H34N2S. The van der Waals surface area contributed by atoms with Crippen molar-refractivity contribution < 1.29 is 0 Å². The van der Waals surface area contributed by atoms with Gasteiger partial charge in [-0.3, -0.25) is 0 Å². The molecule has 0 aliphatic heterocycles. The van der Waals surface area contributed by atoms with E-state index in [0.717, 1.165) is 17.1 Å². The van der Waals surface area contributed by atoms with E-state index in [9.17, 15) is 0 Å². The van der Waals surface area contributed by atoms with Gasteiger partial charge in [-0.2, -0.15) is 0 Å². The molecule has 0 amide bonds. The lowest BCUT2D eigenvalue weighted by Crippen LogP contribution is -2.11. The van der Waals surface area contributed by atoms with Gasteiger partial charge in [0.2, 0.25) is 0 Å². The first-order chi connectivity index (χ1) is 25.1. The van der Waals surface area contributed by atoms with Gasteiger partial charge in [0.1, 0.15) is 0 Å². The lowest BCUT2D eigenvalue weighted by molar-refractivity contribution is 1.29. The standard InChI is InChI=1S/C48H34N2S/c1-31-15-23-36(24-16-31)49(35-9-4-3-5-10-35)41-29-21-33-20-28-39-42(30-22-34-19-27-38(41)46(33)47(34)39)50(37-25-17-32(2)18-26-37)43-12-8-14-45-48(43)40-11-6-7-13-44(40)51-45/h3-30H,1-2H3. The van der Waals surface area contributed by atoms with Gasteiger partial charge in [-0.1, -0.05) is 114 Å². The molecular weight excluding hydrogens is 637 g/mol. The van der Waals surface area contributed by atoms with Crippen LogP contribution in [0.1, 0.15) is 11.1 Å². The molecule has 242 valence electrons. The Bertz CT molecular complexity index is 2870. The maximum Gasteiger partial charge on any atom is 0.0555 e. The third-order valence-corrected chi connectivity index (χ3v) is 11.5. The molecule has 10 aromatic rings. The van der Waals surface area contributed by atoms with Crippen molar-refractivity contribution in [1.82, 2.24) is 0 Å². The van der Waals surface area contributed by atoms with Crippen molar-refractivity contribution >= 4 is 98.0 Å². The van der Waals surface area contributed by atoms with Gasteiger partial charge in [0, 0.05) is 48.0 Å². The molecule has 0 aliphatic rings. The minimum atomic E-state index is 1.14. The summed E-state index contributed by atoms with van der Waals surface area (Å²) in [7, 11) is 0. The molecule has 3 heteroatoms. The van der Waals surface area contributed by atoms with E-state index in [2.05, 4.69) is 194 Å². The summed E-state index contributed by atoms with van der Waals surface area (Å²) < 4.78 is 2.61. The molecule has 10 rings (SSSR count). The minimum absolute atomic E-state index is 1.14. The zero-order valence-electron chi connectivity index (χ0n) is 28.5. The van der Waals surface area contributed by atoms with Crippen LogP contribution in [0.4, 0.5) is 34.1 Å². The third kappa shape index (κ3) is 4.77. The van der Waals surface area contributed by atoms with Gasteiger partial charge in [0.05, 0.1) is 17.1 Å². The van der Waals surface area contributed by atoms with Crippen LogP contribution in [0.3, 0.4) is 0 Å². The second-order valence-corrected chi connectivity index (χ2v) is 14.6. The second kappa shape index (κ2) is 11.7. The lowest BCUT2D eigenvalue weighted by atomic mass is 9.91. The highest BCUT2D eigenvalue weighted by Gasteiger charge is 2.23. The molecule has 1 aromatic heterocycles. The largest absolute Gasteiger partial charge is 0.310 e. The summed E-state index contributed by atoms with van der Waals surface area (Å²) in [6, 6.07) is 62.6. The van der Waals surface area contributed by atoms with Crippen LogP contribution >= 0.6 is 11.3 Å². The van der Waals surface area contributed by atoms with Crippen molar-refractivity contribution in [2.24, 2.45) is 0 Å². The average Bonchev–Trinajstić information content (AvgIpc) is 3.56. The topological polar surface area (TPSA) is 6.48 Å². The first kappa shape index (κ1) is 29.7. The molecule has 0 aliphatic carbocycles. The van der Waals surface area contributed by atoms with Crippen LogP contribution in [0.15, 0.2) is 170 Å². The number of hydrogen-bond donors (Lipinski definition) is 0. The summed E-state index contributed by atoms with van der Waals surface area (Å²) >= 11 is 1.87. The highest BCUT2D eigenvalue weighted by molar-refractivity contribution is 7.26. The van der Waals surface area contributed by atoms with Crippen molar-refractivity contribution in [2.75, 3.05) is 9.80 Å². The van der Waals surface area contributed by atoms with Crippen LogP contribution in [0.5, 0.6) is 0 Å². The van der Waals surface area contributed by atoms with E-state index in [0.29, 0.717) is 0 Å². The van der Waals surface area contributed by atoms with Crippen molar-refractivity contribution in [3.8, 4) is 0 Å². The number of nitrogens with zero attached hydrogens (tertiary/aromatic N) is 2. The number of hydrogen-bond acceptors (Lipinski definition) is 3. The first-order valence-electron chi connectivity index (χ1n) is 17.5. The fourth-order valence-electron chi connectivity index (χ4n) is 7.90. The maximum atomic E-state index is 2.48. The molecule has 9 aromatic carbocycles. The number of fused-ring (bicyclic) bond motifs is 3. The van der Waals surface area contributed by atoms with Crippen LogP contribution < -0.4 is 9.80 Å². The zero-order valence-corrected chi connectivity index (χ0v) is 29.3. The number of aryl methyl sites for hydroxylation is 2. The van der Waals surface area contributed by atoms with Gasteiger partial charge in [0.25, 0.3) is 0 Å². The van der Waals surface area contributed by atoms with E-state index in [1.165, 1.54) is 80.7 Å². The fourth-order valence-corrected chi connectivity index (χ4v) is 9.03. The van der Waals surface area contributed by atoms with Gasteiger partial charge >= 0.3 is 0 Å². The van der Waals surface area contributed by atoms with Crippen LogP contribution in [-0.2, 0) is 0 Å². The number of rotatable bonds is 6. The predicted molar refractivity (Wildman–Crippen MR) is 222 cm³/mol. The third-order valence-electron chi connectivity index (χ3n) is 10.3. The summed E-state index contributed by atoms with van der Waals surface area (Å²) in [5.74, 6) is 0. The van der Waals surface area contributed by atoms with Gasteiger partial charge in [-0.15, -0.1) is 11.3 Å². The van der Waals surface area contributed by atoms with Crippen molar-refractivity contribution in [1.29, 1.82) is 0 Å². The molecule has 0 saturated heterocycles. The maximum absolute atomic E-state index is 2.48. The van der Waals surface area contributed by atoms with E-state index in [-0.39, 0.29) is 0 Å². The smallest absolute Gasteiger partial charge is 0.0555 e. The molecule has 0 fully saturated rings. The molecule has 1 heterocycles. The normalized spacial score (nSPS) is 11.7. The Balaban J connectivity index is 1.26. The molecule has 0 N–H and O–H groups in total. The monoisotopic (exact) mass is 670 g/mol. The first-order valence-corrected chi connectivity index (χ1v) is 18.3. The van der Waals surface area contributed by atoms with E-state index < -0.39 is 0 Å². The van der Waals surface area contributed by atoms with Crippen molar-refractivity contribution in [2.45, 2.75) is 13.8 Å². The van der Waals surface area contributed by atoms with Crippen LogP contribution in [-0.4, -0.2) is 0 Å². The summed E-state index contributed by atoms with van der Waals surface area (Å²) in [6.45, 7) is 4.30. The fraction of sp³-hybridized carbons (Fsp3) is 0.0417. The molecule has 0 radical (unpaired) electrons. The minimum Gasteiger partial charge on any atom is -0.310 e. The highest BCUT2D eigenvalue weighted by Crippen LogP contribution is 2.49. The Hall–Kier alpha value is -6.16. The second-order valence-electron chi connectivity index (χ2n) is 13.5. The summed E-state index contributed by atoms with van der Waals surface area (Å²) in [6.07, 6.45) is 0. The van der Waals surface area contributed by atoms with Crippen LogP contribution in [0, 0.1) is 13.8 Å². The zero-order chi connectivity index (χ0) is 34.1. The van der Waals surface area contributed by atoms with E-state index in [1.807, 2.05) is 11.3 Å². The quantitative estimate of drug-likeness (QED) is 0.162. The number of para-hydroxylation sites is 1. The van der Waals surface area contributed by atoms with Crippen LogP contribution in [0.25, 0.3) is 52.5 Å². The lowest BCUT2D eigenvalue weighted by Gasteiger charge is -2.30. The Morgan fingerprint density at radius 3 is 1.49 bits per heavy atom. The van der Waals surface area contributed by atoms with Crippen molar-refractivity contribution in [3.63, 3.8) is 0 Å². The molecule has 0 atom stereocenters. The van der Waals surface area contributed by atoms with E-state index in [4.69, 9.17) is 0 Å². The summed E-state index contributed by atoms with van der Waals surface area (Å²) in [5, 5.41) is 10.1. The van der Waals surface area contributed by atoms with E-state index >= 15 is 0 Å². The van der Waals surface area contributed by atoms with Gasteiger partial charge < -0.3 is 9.80 Å². The predicted octanol–water partition coefficient (Wildman–Crippen LogP) is 14.5. The van der Waals surface area contributed by atoms with Crippen molar-refractivity contribution in [3.05, 3.63) is 181 Å². The van der Waals surface area contributed by atoms with Crippen LogP contribution in [0.2, 0.25) is 0 Å². The molecule has 0 unspecified atom stereocenters. The Kier molecular flexibility index (Phi) is 6.83. The molecule has 51 heavy (non-hydrogen) atoms. The molecule has 2 nitrogen and oxygen atoms in total. The summed E-state index contributed by atoms with van der Waals surface area (Å²) in [5.41, 5.74) is 9.46. The average molecular weight is 671 g/mol. The number of anilines is 6. The SMILES string of the molecule is Cc1ccc(N(c2ccccc2)c2ccc3ccc4c(N(c5ccc(C)cc5)c5cccc6sc7ccccc7c56)ccc5ccc2c3c54)cc1. The van der Waals surface area contributed by atoms with E-state index in [1.54, 1.807) is 0 Å². The number of thiophene rings is 1. The molecule has 0 saturated carbocycles. The molecule has 0 bridgehead atoms. The number of benzene rings is 9. The Morgan fingerprint density at radius 2 is 0.843 bits per heavy atom.